The van der Waals surface area contributed by atoms with E-state index in [0.717, 1.165) is 47.4 Å². The summed E-state index contributed by atoms with van der Waals surface area (Å²) >= 11 is 0. The average Bonchev–Trinajstić information content (AvgIpc) is 2.91. The molecule has 1 aliphatic carbocycles. The van der Waals surface area contributed by atoms with Gasteiger partial charge < -0.3 is 4.74 Å². The van der Waals surface area contributed by atoms with E-state index < -0.39 is 26.6 Å². The van der Waals surface area contributed by atoms with E-state index in [1.807, 2.05) is 18.3 Å². The van der Waals surface area contributed by atoms with Gasteiger partial charge in [0.1, 0.15) is 22.2 Å². The zero-order chi connectivity index (χ0) is 30.1. The van der Waals surface area contributed by atoms with Crippen LogP contribution in [0.5, 0.6) is 5.88 Å². The molecule has 1 saturated carbocycles. The number of ether oxygens (including phenoxy) is 1. The zero-order valence-corrected chi connectivity index (χ0v) is 25.3. The van der Waals surface area contributed by atoms with E-state index in [4.69, 9.17) is 4.74 Å². The number of sulfonamides is 1. The Morgan fingerprint density at radius 1 is 0.905 bits per heavy atom. The lowest BCUT2D eigenvalue weighted by Crippen LogP contribution is -2.22. The Bertz CT molecular complexity index is 1690. The molecule has 2 heterocycles. The van der Waals surface area contributed by atoms with Crippen LogP contribution in [0, 0.1) is 23.0 Å². The standard InChI is InChI=1S/C33H37F2N3O3S/c1-33(2,3)24-9-5-7-21(8-6-10-24)26-15-16-36-29-13-11-22(17-27(26)29)23-18-30(32(41-4)37-20-23)38-42(39,40)31-14-12-25(34)19-28(31)35/h11-21,24,38H,5-10H2,1-4H3. The van der Waals surface area contributed by atoms with Crippen molar-refractivity contribution in [3.8, 4) is 17.0 Å². The fraction of sp³-hybridized carbons (Fsp3) is 0.394. The van der Waals surface area contributed by atoms with E-state index in [2.05, 4.69) is 47.6 Å². The molecule has 6 nitrogen and oxygen atoms in total. The first-order chi connectivity index (χ1) is 20.0. The van der Waals surface area contributed by atoms with Gasteiger partial charge in [0.25, 0.3) is 10.0 Å². The molecule has 1 fully saturated rings. The molecule has 2 aromatic carbocycles. The van der Waals surface area contributed by atoms with E-state index in [0.29, 0.717) is 23.0 Å². The number of benzene rings is 2. The highest BCUT2D eigenvalue weighted by Gasteiger charge is 2.27. The van der Waals surface area contributed by atoms with Crippen molar-refractivity contribution in [2.24, 2.45) is 11.3 Å². The number of fused-ring (bicyclic) bond motifs is 1. The van der Waals surface area contributed by atoms with Crippen molar-refractivity contribution in [1.29, 1.82) is 0 Å². The molecule has 4 aromatic rings. The summed E-state index contributed by atoms with van der Waals surface area (Å²) < 4.78 is 61.4. The third-order valence-corrected chi connectivity index (χ3v) is 9.85. The van der Waals surface area contributed by atoms with Gasteiger partial charge in [-0.2, -0.15) is 0 Å². The molecule has 0 atom stereocenters. The van der Waals surface area contributed by atoms with Crippen LogP contribution < -0.4 is 9.46 Å². The Labute approximate surface area is 246 Å². The second-order valence-corrected chi connectivity index (χ2v) is 13.9. The molecule has 1 N–H and O–H groups in total. The van der Waals surface area contributed by atoms with Crippen LogP contribution in [-0.2, 0) is 10.0 Å². The van der Waals surface area contributed by atoms with Gasteiger partial charge in [-0.05, 0) is 90.5 Å². The first kappa shape index (κ1) is 29.9. The Morgan fingerprint density at radius 3 is 2.31 bits per heavy atom. The molecule has 42 heavy (non-hydrogen) atoms. The number of halogens is 2. The molecule has 0 aliphatic heterocycles. The van der Waals surface area contributed by atoms with Crippen molar-refractivity contribution < 1.29 is 21.9 Å². The van der Waals surface area contributed by atoms with Crippen molar-refractivity contribution in [3.05, 3.63) is 78.1 Å². The number of nitrogens with zero attached hydrogens (tertiary/aromatic N) is 2. The highest BCUT2D eigenvalue weighted by molar-refractivity contribution is 7.92. The van der Waals surface area contributed by atoms with E-state index >= 15 is 0 Å². The molecule has 0 saturated heterocycles. The average molecular weight is 594 g/mol. The minimum Gasteiger partial charge on any atom is -0.480 e. The van der Waals surface area contributed by atoms with E-state index in [1.54, 1.807) is 12.3 Å². The number of hydrogen-bond donors (Lipinski definition) is 1. The molecule has 0 unspecified atom stereocenters. The summed E-state index contributed by atoms with van der Waals surface area (Å²) in [6.07, 6.45) is 10.6. The second kappa shape index (κ2) is 12.0. The van der Waals surface area contributed by atoms with Crippen molar-refractivity contribution in [2.75, 3.05) is 11.8 Å². The van der Waals surface area contributed by atoms with Crippen LogP contribution in [-0.4, -0.2) is 25.5 Å². The summed E-state index contributed by atoms with van der Waals surface area (Å²) in [6.45, 7) is 7.04. The summed E-state index contributed by atoms with van der Waals surface area (Å²) in [5.74, 6) is -0.854. The summed E-state index contributed by atoms with van der Waals surface area (Å²) in [5.41, 5.74) is 4.04. The van der Waals surface area contributed by atoms with Gasteiger partial charge in [-0.25, -0.2) is 22.2 Å². The Kier molecular flexibility index (Phi) is 8.51. The lowest BCUT2D eigenvalue weighted by molar-refractivity contribution is 0.189. The Morgan fingerprint density at radius 2 is 1.64 bits per heavy atom. The fourth-order valence-electron chi connectivity index (χ4n) is 6.13. The quantitative estimate of drug-likeness (QED) is 0.242. The predicted molar refractivity (Wildman–Crippen MR) is 162 cm³/mol. The van der Waals surface area contributed by atoms with Gasteiger partial charge >= 0.3 is 0 Å². The highest BCUT2D eigenvalue weighted by Crippen LogP contribution is 2.41. The first-order valence-corrected chi connectivity index (χ1v) is 15.9. The monoisotopic (exact) mass is 593 g/mol. The number of hydrogen-bond acceptors (Lipinski definition) is 5. The molecular formula is C33H37F2N3O3S. The van der Waals surface area contributed by atoms with Crippen LogP contribution in [0.25, 0.3) is 22.0 Å². The van der Waals surface area contributed by atoms with Crippen LogP contribution >= 0.6 is 0 Å². The van der Waals surface area contributed by atoms with Gasteiger partial charge in [-0.3, -0.25) is 9.71 Å². The number of aromatic nitrogens is 2. The summed E-state index contributed by atoms with van der Waals surface area (Å²) in [4.78, 5) is 8.25. The topological polar surface area (TPSA) is 81.2 Å². The first-order valence-electron chi connectivity index (χ1n) is 14.4. The lowest BCUT2D eigenvalue weighted by Gasteiger charge is -2.34. The van der Waals surface area contributed by atoms with Crippen LogP contribution in [0.1, 0.15) is 70.8 Å². The number of pyridine rings is 2. The maximum Gasteiger partial charge on any atom is 0.264 e. The summed E-state index contributed by atoms with van der Waals surface area (Å²) in [7, 11) is -3.02. The SMILES string of the molecule is COc1ncc(-c2ccc3nccc(C4CCCC(C(C)(C)C)CCC4)c3c2)cc1NS(=O)(=O)c1ccc(F)cc1F. The van der Waals surface area contributed by atoms with Crippen molar-refractivity contribution in [1.82, 2.24) is 9.97 Å². The van der Waals surface area contributed by atoms with Crippen molar-refractivity contribution >= 4 is 26.6 Å². The molecule has 0 spiro atoms. The van der Waals surface area contributed by atoms with E-state index in [-0.39, 0.29) is 11.6 Å². The van der Waals surface area contributed by atoms with Gasteiger partial charge in [-0.1, -0.05) is 39.7 Å². The molecule has 0 radical (unpaired) electrons. The van der Waals surface area contributed by atoms with E-state index in [1.165, 1.54) is 38.4 Å². The highest BCUT2D eigenvalue weighted by atomic mass is 32.2. The van der Waals surface area contributed by atoms with Crippen molar-refractivity contribution in [2.45, 2.75) is 70.1 Å². The van der Waals surface area contributed by atoms with Crippen molar-refractivity contribution in [3.63, 3.8) is 0 Å². The van der Waals surface area contributed by atoms with Crippen LogP contribution in [0.4, 0.5) is 14.5 Å². The molecule has 0 bridgehead atoms. The van der Waals surface area contributed by atoms with Crippen LogP contribution in [0.15, 0.2) is 65.8 Å². The molecule has 2 aromatic heterocycles. The number of nitrogens with one attached hydrogen (secondary N) is 1. The fourth-order valence-corrected chi connectivity index (χ4v) is 7.24. The maximum atomic E-state index is 14.3. The number of methoxy groups -OCH3 is 1. The van der Waals surface area contributed by atoms with E-state index in [9.17, 15) is 17.2 Å². The summed E-state index contributed by atoms with van der Waals surface area (Å²) in [5, 5.41) is 1.07. The third-order valence-electron chi connectivity index (χ3n) is 8.46. The second-order valence-electron chi connectivity index (χ2n) is 12.2. The largest absolute Gasteiger partial charge is 0.480 e. The van der Waals surface area contributed by atoms with Gasteiger partial charge in [0.05, 0.1) is 12.6 Å². The molecular weight excluding hydrogens is 556 g/mol. The normalized spacial score (nSPS) is 18.3. The Balaban J connectivity index is 1.47. The predicted octanol–water partition coefficient (Wildman–Crippen LogP) is 8.48. The lowest BCUT2D eigenvalue weighted by atomic mass is 9.72. The van der Waals surface area contributed by atoms with Crippen LogP contribution in [0.2, 0.25) is 0 Å². The van der Waals surface area contributed by atoms with Crippen LogP contribution in [0.3, 0.4) is 0 Å². The van der Waals surface area contributed by atoms with Gasteiger partial charge in [0.2, 0.25) is 5.88 Å². The summed E-state index contributed by atoms with van der Waals surface area (Å²) in [6, 6.07) is 12.0. The maximum absolute atomic E-state index is 14.3. The molecule has 1 aliphatic rings. The van der Waals surface area contributed by atoms with Gasteiger partial charge in [0.15, 0.2) is 0 Å². The molecule has 0 amide bonds. The number of rotatable bonds is 6. The molecule has 9 heteroatoms. The minimum atomic E-state index is -4.39. The smallest absolute Gasteiger partial charge is 0.264 e. The Hall–Kier alpha value is -3.59. The third kappa shape index (κ3) is 6.41. The van der Waals surface area contributed by atoms with Gasteiger partial charge in [0, 0.05) is 29.4 Å². The molecule has 222 valence electrons. The van der Waals surface area contributed by atoms with Gasteiger partial charge in [-0.15, -0.1) is 0 Å². The zero-order valence-electron chi connectivity index (χ0n) is 24.5. The minimum absolute atomic E-state index is 0.0241. The number of anilines is 1. The molecule has 5 rings (SSSR count).